The van der Waals surface area contributed by atoms with Gasteiger partial charge in [0.15, 0.2) is 11.6 Å². The summed E-state index contributed by atoms with van der Waals surface area (Å²) >= 11 is 0. The third-order valence-electron chi connectivity index (χ3n) is 4.91. The summed E-state index contributed by atoms with van der Waals surface area (Å²) in [5.41, 5.74) is -3.05. The molecule has 1 aromatic heterocycles. The fourth-order valence-corrected chi connectivity index (χ4v) is 3.21. The predicted octanol–water partition coefficient (Wildman–Crippen LogP) is 5.27. The molecule has 0 aliphatic rings. The van der Waals surface area contributed by atoms with Gasteiger partial charge in [0.05, 0.1) is 17.4 Å². The molecular weight excluding hydrogens is 438 g/mol. The minimum absolute atomic E-state index is 0.219. The number of ether oxygens (including phenoxy) is 1. The molecule has 0 saturated carbocycles. The van der Waals surface area contributed by atoms with Gasteiger partial charge in [-0.05, 0) is 29.8 Å². The number of aromatic nitrogens is 2. The van der Waals surface area contributed by atoms with Crippen LogP contribution in [0.1, 0.15) is 5.56 Å². The first-order valence-corrected chi connectivity index (χ1v) is 9.20. The van der Waals surface area contributed by atoms with E-state index in [4.69, 9.17) is 0 Å². The molecule has 4 nitrogen and oxygen atoms in total. The van der Waals surface area contributed by atoms with Crippen LogP contribution in [0.3, 0.4) is 0 Å². The highest BCUT2D eigenvalue weighted by atomic mass is 19.4. The summed E-state index contributed by atoms with van der Waals surface area (Å²) in [6.45, 7) is -1.53. The molecule has 166 valence electrons. The topological polar surface area (TPSA) is 47.3 Å². The number of aliphatic hydroxyl groups is 1. The van der Waals surface area contributed by atoms with Crippen LogP contribution in [0.4, 0.5) is 26.3 Å². The van der Waals surface area contributed by atoms with E-state index in [1.165, 1.54) is 16.9 Å². The lowest BCUT2D eigenvalue weighted by Gasteiger charge is -2.31. The molecule has 4 aromatic rings. The van der Waals surface area contributed by atoms with Crippen LogP contribution in [0, 0.1) is 17.5 Å². The summed E-state index contributed by atoms with van der Waals surface area (Å²) < 4.78 is 88.1. The molecule has 0 spiro atoms. The molecule has 0 aliphatic heterocycles. The number of rotatable bonds is 5. The summed E-state index contributed by atoms with van der Waals surface area (Å²) in [5, 5.41) is 15.0. The van der Waals surface area contributed by atoms with Gasteiger partial charge in [-0.25, -0.2) is 13.5 Å². The summed E-state index contributed by atoms with van der Waals surface area (Å²) in [7, 11) is 0. The van der Waals surface area contributed by atoms with Gasteiger partial charge >= 0.3 is 6.18 Å². The van der Waals surface area contributed by atoms with E-state index < -0.39 is 47.1 Å². The van der Waals surface area contributed by atoms with Gasteiger partial charge in [-0.15, -0.1) is 0 Å². The van der Waals surface area contributed by atoms with Crippen LogP contribution >= 0.6 is 0 Å². The molecule has 0 aliphatic carbocycles. The van der Waals surface area contributed by atoms with Crippen LogP contribution in [0.25, 0.3) is 16.6 Å². The highest BCUT2D eigenvalue weighted by Gasteiger charge is 2.56. The Hall–Kier alpha value is -3.53. The third-order valence-corrected chi connectivity index (χ3v) is 4.91. The monoisotopic (exact) mass is 452 g/mol. The number of hydrogen-bond donors (Lipinski definition) is 1. The molecule has 10 heteroatoms. The van der Waals surface area contributed by atoms with Crippen molar-refractivity contribution in [1.82, 2.24) is 9.78 Å². The maximum atomic E-state index is 13.8. The Balaban J connectivity index is 1.72. The molecular formula is C22H14F6N2O2. The average molecular weight is 452 g/mol. The van der Waals surface area contributed by atoms with E-state index in [0.29, 0.717) is 17.3 Å². The Morgan fingerprint density at radius 1 is 0.938 bits per heavy atom. The van der Waals surface area contributed by atoms with Gasteiger partial charge in [0, 0.05) is 17.5 Å². The van der Waals surface area contributed by atoms with Crippen molar-refractivity contribution in [3.8, 4) is 11.4 Å². The molecule has 1 heterocycles. The average Bonchev–Trinajstić information content (AvgIpc) is 3.18. The van der Waals surface area contributed by atoms with Crippen molar-refractivity contribution < 1.29 is 36.2 Å². The molecule has 0 saturated heterocycles. The minimum Gasteiger partial charge on any atom is -0.487 e. The van der Waals surface area contributed by atoms with E-state index in [2.05, 4.69) is 9.84 Å². The first kappa shape index (κ1) is 21.7. The van der Waals surface area contributed by atoms with E-state index in [-0.39, 0.29) is 11.5 Å². The van der Waals surface area contributed by atoms with Gasteiger partial charge in [-0.3, -0.25) is 0 Å². The maximum Gasteiger partial charge on any atom is 0.424 e. The van der Waals surface area contributed by atoms with Crippen molar-refractivity contribution in [2.45, 2.75) is 11.8 Å². The zero-order chi connectivity index (χ0) is 23.1. The van der Waals surface area contributed by atoms with Crippen molar-refractivity contribution in [3.05, 3.63) is 89.9 Å². The summed E-state index contributed by atoms with van der Waals surface area (Å²) in [5.74, 6) is -5.65. The van der Waals surface area contributed by atoms with Crippen molar-refractivity contribution >= 4 is 10.9 Å². The maximum absolute atomic E-state index is 13.8. The van der Waals surface area contributed by atoms with Gasteiger partial charge in [-0.1, -0.05) is 24.3 Å². The van der Waals surface area contributed by atoms with Crippen molar-refractivity contribution in [1.29, 1.82) is 0 Å². The van der Waals surface area contributed by atoms with Crippen LogP contribution in [0.15, 0.2) is 66.9 Å². The molecule has 0 fully saturated rings. The fraction of sp³-hybridized carbons (Fsp3) is 0.136. The van der Waals surface area contributed by atoms with Crippen LogP contribution in [0.2, 0.25) is 0 Å². The molecule has 1 N–H and O–H groups in total. The molecule has 1 atom stereocenters. The first-order valence-electron chi connectivity index (χ1n) is 9.20. The van der Waals surface area contributed by atoms with Gasteiger partial charge in [0.2, 0.25) is 11.4 Å². The van der Waals surface area contributed by atoms with E-state index >= 15 is 0 Å². The Morgan fingerprint density at radius 3 is 2.34 bits per heavy atom. The first-order chi connectivity index (χ1) is 15.1. The lowest BCUT2D eigenvalue weighted by Crippen LogP contribution is -2.47. The van der Waals surface area contributed by atoms with E-state index in [1.807, 2.05) is 0 Å². The SMILES string of the molecule is OC(COc1cc(F)cc(F)c1F)(c1ccc2c(cnn2-c2ccccc2)c1)C(F)(F)F. The zero-order valence-corrected chi connectivity index (χ0v) is 16.1. The van der Waals surface area contributed by atoms with Crippen molar-refractivity contribution in [3.63, 3.8) is 0 Å². The summed E-state index contributed by atoms with van der Waals surface area (Å²) in [6, 6.07) is 12.9. The smallest absolute Gasteiger partial charge is 0.424 e. The Bertz CT molecular complexity index is 1270. The Morgan fingerprint density at radius 2 is 1.66 bits per heavy atom. The standard InChI is InChI=1S/C22H14F6N2O2/c23-15-9-17(24)20(25)19(10-15)32-12-21(31,22(26,27)28)14-6-7-18-13(8-14)11-29-30(18)16-4-2-1-3-5-16/h1-11,31H,12H2. The van der Waals surface area contributed by atoms with Gasteiger partial charge in [0.1, 0.15) is 12.4 Å². The predicted molar refractivity (Wildman–Crippen MR) is 103 cm³/mol. The Kier molecular flexibility index (Phi) is 5.33. The lowest BCUT2D eigenvalue weighted by atomic mass is 9.93. The molecule has 0 radical (unpaired) electrons. The lowest BCUT2D eigenvalue weighted by molar-refractivity contribution is -0.275. The molecule has 0 bridgehead atoms. The molecule has 1 unspecified atom stereocenters. The van der Waals surface area contributed by atoms with Gasteiger partial charge < -0.3 is 9.84 Å². The van der Waals surface area contributed by atoms with Gasteiger partial charge in [-0.2, -0.15) is 22.7 Å². The molecule has 4 rings (SSSR count). The highest BCUT2D eigenvalue weighted by Crippen LogP contribution is 2.41. The van der Waals surface area contributed by atoms with Crippen molar-refractivity contribution in [2.75, 3.05) is 6.61 Å². The van der Waals surface area contributed by atoms with Crippen LogP contribution in [-0.2, 0) is 5.60 Å². The number of nitrogens with zero attached hydrogens (tertiary/aromatic N) is 2. The van der Waals surface area contributed by atoms with Crippen LogP contribution in [0.5, 0.6) is 5.75 Å². The fourth-order valence-electron chi connectivity index (χ4n) is 3.21. The number of para-hydroxylation sites is 1. The number of fused-ring (bicyclic) bond motifs is 1. The zero-order valence-electron chi connectivity index (χ0n) is 16.1. The van der Waals surface area contributed by atoms with E-state index in [1.54, 1.807) is 30.3 Å². The number of hydrogen-bond acceptors (Lipinski definition) is 3. The number of halogens is 6. The second kappa shape index (κ2) is 7.86. The number of alkyl halides is 3. The minimum atomic E-state index is -5.25. The van der Waals surface area contributed by atoms with E-state index in [9.17, 15) is 31.4 Å². The second-order valence-electron chi connectivity index (χ2n) is 7.01. The Labute approximate surface area is 177 Å². The molecule has 3 aromatic carbocycles. The molecule has 0 amide bonds. The van der Waals surface area contributed by atoms with Crippen molar-refractivity contribution in [2.24, 2.45) is 0 Å². The van der Waals surface area contributed by atoms with Gasteiger partial charge in [0.25, 0.3) is 0 Å². The highest BCUT2D eigenvalue weighted by molar-refractivity contribution is 5.81. The number of benzene rings is 3. The van der Waals surface area contributed by atoms with Crippen LogP contribution < -0.4 is 4.74 Å². The third kappa shape index (κ3) is 3.77. The second-order valence-corrected chi connectivity index (χ2v) is 7.01. The summed E-state index contributed by atoms with van der Waals surface area (Å²) in [6.07, 6.45) is -3.93. The summed E-state index contributed by atoms with van der Waals surface area (Å²) in [4.78, 5) is 0. The molecule has 32 heavy (non-hydrogen) atoms. The largest absolute Gasteiger partial charge is 0.487 e. The van der Waals surface area contributed by atoms with Crippen LogP contribution in [-0.4, -0.2) is 27.7 Å². The van der Waals surface area contributed by atoms with E-state index in [0.717, 1.165) is 12.1 Å². The quantitative estimate of drug-likeness (QED) is 0.332. The normalized spacial score (nSPS) is 13.8.